The van der Waals surface area contributed by atoms with E-state index in [0.29, 0.717) is 5.82 Å². The molecule has 0 bridgehead atoms. The van der Waals surface area contributed by atoms with Gasteiger partial charge in [-0.3, -0.25) is 10.2 Å². The lowest BCUT2D eigenvalue weighted by molar-refractivity contribution is -0.116. The fourth-order valence-electron chi connectivity index (χ4n) is 1.46. The van der Waals surface area contributed by atoms with Gasteiger partial charge in [0.15, 0.2) is 0 Å². The molecule has 0 spiro atoms. The Labute approximate surface area is 79.7 Å². The van der Waals surface area contributed by atoms with Crippen LogP contribution < -0.4 is 10.3 Å². The zero-order valence-electron chi connectivity index (χ0n) is 7.52. The molecule has 2 rings (SSSR count). The highest BCUT2D eigenvalue weighted by Gasteiger charge is 2.23. The number of nitrogens with zero attached hydrogens (tertiary/aromatic N) is 2. The van der Waals surface area contributed by atoms with Crippen molar-refractivity contribution in [2.75, 3.05) is 23.9 Å². The van der Waals surface area contributed by atoms with Crippen molar-refractivity contribution in [3.8, 4) is 0 Å². The minimum absolute atomic E-state index is 0.0555. The van der Waals surface area contributed by atoms with E-state index in [2.05, 4.69) is 5.43 Å². The van der Waals surface area contributed by atoms with Gasteiger partial charge in [-0.1, -0.05) is 0 Å². The summed E-state index contributed by atoms with van der Waals surface area (Å²) in [5.41, 5.74) is 2.53. The first-order valence-corrected chi connectivity index (χ1v) is 4.05. The SMILES string of the molecule is CN1CC(=O)Nn2c(C(=O)O)ccc21. The summed E-state index contributed by atoms with van der Waals surface area (Å²) in [6.45, 7) is 0.239. The molecule has 2 heterocycles. The van der Waals surface area contributed by atoms with Crippen LogP contribution in [0.4, 0.5) is 5.82 Å². The van der Waals surface area contributed by atoms with Crippen molar-refractivity contribution in [2.45, 2.75) is 0 Å². The van der Waals surface area contributed by atoms with Crippen LogP contribution >= 0.6 is 0 Å². The maximum absolute atomic E-state index is 11.1. The van der Waals surface area contributed by atoms with Crippen LogP contribution in [0.15, 0.2) is 12.1 Å². The summed E-state index contributed by atoms with van der Waals surface area (Å²) in [4.78, 5) is 23.6. The molecule has 6 heteroatoms. The summed E-state index contributed by atoms with van der Waals surface area (Å²) in [6.07, 6.45) is 0. The lowest BCUT2D eigenvalue weighted by Crippen LogP contribution is -2.42. The predicted molar refractivity (Wildman–Crippen MR) is 49.0 cm³/mol. The number of aromatic nitrogens is 1. The molecule has 0 saturated heterocycles. The van der Waals surface area contributed by atoms with Gasteiger partial charge in [-0.15, -0.1) is 0 Å². The molecule has 1 amide bonds. The Kier molecular flexibility index (Phi) is 1.70. The van der Waals surface area contributed by atoms with E-state index in [1.54, 1.807) is 18.0 Å². The summed E-state index contributed by atoms with van der Waals surface area (Å²) in [6, 6.07) is 3.11. The Bertz CT molecular complexity index is 410. The number of carbonyl (C=O) groups excluding carboxylic acids is 1. The number of fused-ring (bicyclic) bond motifs is 1. The Balaban J connectivity index is 2.51. The number of amides is 1. The third-order valence-corrected chi connectivity index (χ3v) is 2.09. The second kappa shape index (κ2) is 2.76. The Morgan fingerprint density at radius 3 is 2.93 bits per heavy atom. The van der Waals surface area contributed by atoms with E-state index in [4.69, 9.17) is 5.11 Å². The molecule has 0 saturated carbocycles. The first-order chi connectivity index (χ1) is 6.59. The second-order valence-corrected chi connectivity index (χ2v) is 3.11. The largest absolute Gasteiger partial charge is 0.477 e. The Hall–Kier alpha value is -1.98. The van der Waals surface area contributed by atoms with E-state index in [-0.39, 0.29) is 18.1 Å². The molecular weight excluding hydrogens is 186 g/mol. The normalized spacial score (nSPS) is 14.9. The van der Waals surface area contributed by atoms with Crippen LogP contribution in [0.2, 0.25) is 0 Å². The fraction of sp³-hybridized carbons (Fsp3) is 0.250. The molecule has 0 atom stereocenters. The van der Waals surface area contributed by atoms with Crippen LogP contribution in [-0.2, 0) is 4.79 Å². The van der Waals surface area contributed by atoms with Crippen LogP contribution in [0.1, 0.15) is 10.5 Å². The number of rotatable bonds is 1. The summed E-state index contributed by atoms with van der Waals surface area (Å²) >= 11 is 0. The lowest BCUT2D eigenvalue weighted by atomic mass is 10.4. The molecule has 0 aliphatic carbocycles. The van der Waals surface area contributed by atoms with Crippen molar-refractivity contribution in [3.63, 3.8) is 0 Å². The van der Waals surface area contributed by atoms with E-state index in [1.807, 2.05) is 0 Å². The van der Waals surface area contributed by atoms with Crippen LogP contribution in [0.25, 0.3) is 0 Å². The highest BCUT2D eigenvalue weighted by molar-refractivity contribution is 5.94. The minimum Gasteiger partial charge on any atom is -0.477 e. The van der Waals surface area contributed by atoms with Crippen LogP contribution in [0.3, 0.4) is 0 Å². The zero-order chi connectivity index (χ0) is 10.3. The molecule has 1 aliphatic heterocycles. The summed E-state index contributed by atoms with van der Waals surface area (Å²) in [7, 11) is 1.73. The molecule has 2 N–H and O–H groups in total. The number of aromatic carboxylic acids is 1. The molecule has 0 unspecified atom stereocenters. The van der Waals surface area contributed by atoms with Gasteiger partial charge in [0.05, 0.1) is 6.54 Å². The maximum atomic E-state index is 11.1. The van der Waals surface area contributed by atoms with E-state index in [9.17, 15) is 9.59 Å². The molecule has 0 aromatic carbocycles. The number of hydrogen-bond donors (Lipinski definition) is 2. The molecule has 1 aromatic heterocycles. The van der Waals surface area contributed by atoms with Gasteiger partial charge >= 0.3 is 5.97 Å². The maximum Gasteiger partial charge on any atom is 0.354 e. The summed E-state index contributed by atoms with van der Waals surface area (Å²) in [5, 5.41) is 8.81. The quantitative estimate of drug-likeness (QED) is 0.645. The van der Waals surface area contributed by atoms with Gasteiger partial charge in [0.2, 0.25) is 0 Å². The number of carboxylic acid groups (broad SMARTS) is 1. The van der Waals surface area contributed by atoms with Gasteiger partial charge in [0, 0.05) is 7.05 Å². The van der Waals surface area contributed by atoms with Crippen LogP contribution in [0.5, 0.6) is 0 Å². The number of carboxylic acids is 1. The number of hydrogen-bond acceptors (Lipinski definition) is 3. The monoisotopic (exact) mass is 195 g/mol. The lowest BCUT2D eigenvalue weighted by Gasteiger charge is -2.26. The summed E-state index contributed by atoms with van der Waals surface area (Å²) < 4.78 is 1.27. The van der Waals surface area contributed by atoms with Gasteiger partial charge in [0.25, 0.3) is 5.91 Å². The highest BCUT2D eigenvalue weighted by atomic mass is 16.4. The number of nitrogens with one attached hydrogen (secondary N) is 1. The van der Waals surface area contributed by atoms with Crippen LogP contribution in [-0.4, -0.2) is 35.3 Å². The Morgan fingerprint density at radius 2 is 2.29 bits per heavy atom. The second-order valence-electron chi connectivity index (χ2n) is 3.11. The molecule has 0 radical (unpaired) electrons. The fourth-order valence-corrected chi connectivity index (χ4v) is 1.46. The van der Waals surface area contributed by atoms with Crippen molar-refractivity contribution in [2.24, 2.45) is 0 Å². The van der Waals surface area contributed by atoms with Crippen molar-refractivity contribution in [1.82, 2.24) is 4.68 Å². The smallest absolute Gasteiger partial charge is 0.354 e. The van der Waals surface area contributed by atoms with Crippen molar-refractivity contribution in [3.05, 3.63) is 17.8 Å². The average molecular weight is 195 g/mol. The van der Waals surface area contributed by atoms with Crippen molar-refractivity contribution in [1.29, 1.82) is 0 Å². The third kappa shape index (κ3) is 1.12. The molecule has 14 heavy (non-hydrogen) atoms. The average Bonchev–Trinajstić information content (AvgIpc) is 2.47. The minimum atomic E-state index is -1.06. The molecule has 74 valence electrons. The zero-order valence-corrected chi connectivity index (χ0v) is 7.52. The van der Waals surface area contributed by atoms with E-state index < -0.39 is 5.97 Å². The predicted octanol–water partition coefficient (Wildman–Crippen LogP) is -0.294. The van der Waals surface area contributed by atoms with Gasteiger partial charge in [0.1, 0.15) is 11.5 Å². The molecule has 1 aliphatic rings. The van der Waals surface area contributed by atoms with E-state index >= 15 is 0 Å². The van der Waals surface area contributed by atoms with Gasteiger partial charge in [-0.2, -0.15) is 0 Å². The van der Waals surface area contributed by atoms with Crippen LogP contribution in [0, 0.1) is 0 Å². The van der Waals surface area contributed by atoms with Crippen molar-refractivity contribution < 1.29 is 14.7 Å². The number of likely N-dealkylation sites (N-methyl/N-ethyl adjacent to an activating group) is 1. The highest BCUT2D eigenvalue weighted by Crippen LogP contribution is 2.19. The third-order valence-electron chi connectivity index (χ3n) is 2.09. The Morgan fingerprint density at radius 1 is 1.57 bits per heavy atom. The molecular formula is C8H9N3O3. The number of anilines is 1. The molecule has 0 fully saturated rings. The van der Waals surface area contributed by atoms with Gasteiger partial charge in [-0.25, -0.2) is 9.47 Å². The standard InChI is InChI=1S/C8H9N3O3/c1-10-4-6(12)9-11-5(8(13)14)2-3-7(10)11/h2-3H,4H2,1H3,(H,9,12)(H,13,14). The topological polar surface area (TPSA) is 74.6 Å². The van der Waals surface area contributed by atoms with E-state index in [1.165, 1.54) is 10.7 Å². The first-order valence-electron chi connectivity index (χ1n) is 4.05. The van der Waals surface area contributed by atoms with Crippen molar-refractivity contribution >= 4 is 17.7 Å². The van der Waals surface area contributed by atoms with E-state index in [0.717, 1.165) is 0 Å². The number of carbonyl (C=O) groups is 2. The van der Waals surface area contributed by atoms with Gasteiger partial charge in [-0.05, 0) is 12.1 Å². The molecule has 1 aromatic rings. The first kappa shape index (κ1) is 8.61. The molecule has 6 nitrogen and oxygen atoms in total. The van der Waals surface area contributed by atoms with Gasteiger partial charge < -0.3 is 10.0 Å². The summed E-state index contributed by atoms with van der Waals surface area (Å²) in [5.74, 6) is -0.618.